The average molecular weight is 617 g/mol. The Morgan fingerprint density at radius 1 is 0.878 bits per heavy atom. The van der Waals surface area contributed by atoms with Gasteiger partial charge >= 0.3 is 20.8 Å². The highest BCUT2D eigenvalue weighted by Crippen LogP contribution is 2.89. The van der Waals surface area contributed by atoms with Crippen LogP contribution >= 0.6 is 0 Å². The summed E-state index contributed by atoms with van der Waals surface area (Å²) in [5.74, 6) is 1.40. The first-order valence-corrected chi connectivity index (χ1v) is 17.9. The molecule has 0 amide bonds. The van der Waals surface area contributed by atoms with Gasteiger partial charge in [-0.05, 0) is 123 Å². The molecule has 41 heavy (non-hydrogen) atoms. The summed E-state index contributed by atoms with van der Waals surface area (Å²) in [4.78, 5) is 12.7. The van der Waals surface area contributed by atoms with Gasteiger partial charge in [-0.1, -0.05) is 33.3 Å². The van der Waals surface area contributed by atoms with Crippen LogP contribution in [0.25, 0.3) is 0 Å². The van der Waals surface area contributed by atoms with Crippen LogP contribution in [0.2, 0.25) is 0 Å². The lowest BCUT2D eigenvalue weighted by Gasteiger charge is -2.63. The smallest absolute Gasteiger partial charge is 0.295 e. The van der Waals surface area contributed by atoms with Gasteiger partial charge in [0.2, 0.25) is 0 Å². The first-order valence-electron chi connectivity index (χ1n) is 15.2. The van der Waals surface area contributed by atoms with Gasteiger partial charge in [0.15, 0.2) is 5.78 Å². The highest BCUT2D eigenvalue weighted by Gasteiger charge is 2.82. The van der Waals surface area contributed by atoms with E-state index in [0.29, 0.717) is 30.6 Å². The molecule has 5 rings (SSSR count). The van der Waals surface area contributed by atoms with Gasteiger partial charge in [-0.25, -0.2) is 8.37 Å². The van der Waals surface area contributed by atoms with E-state index >= 15 is 0 Å². The van der Waals surface area contributed by atoms with Crippen molar-refractivity contribution in [3.05, 3.63) is 11.6 Å². The zero-order valence-corrected chi connectivity index (χ0v) is 26.9. The molecule has 0 radical (unpaired) electrons. The number of carbonyl (C=O) groups excluding carboxylic acids is 1. The minimum atomic E-state index is -4.77. The third-order valence-corrected chi connectivity index (χ3v) is 14.2. The first-order chi connectivity index (χ1) is 18.7. The van der Waals surface area contributed by atoms with Gasteiger partial charge in [0.25, 0.3) is 0 Å². The van der Waals surface area contributed by atoms with Crippen LogP contribution in [-0.4, -0.2) is 44.4 Å². The van der Waals surface area contributed by atoms with Crippen LogP contribution in [-0.2, 0) is 34.0 Å². The number of hydrogen-bond acceptors (Lipinski definition) is 7. The Labute approximate surface area is 246 Å². The van der Waals surface area contributed by atoms with Crippen molar-refractivity contribution < 1.29 is 39.1 Å². The molecule has 0 heterocycles. The Morgan fingerprint density at radius 2 is 1.51 bits per heavy atom. The summed E-state index contributed by atoms with van der Waals surface area (Å²) in [5.41, 5.74) is 0.236. The Kier molecular flexibility index (Phi) is 7.57. The van der Waals surface area contributed by atoms with Crippen LogP contribution in [0.4, 0.5) is 0 Å². The molecule has 5 saturated carbocycles. The van der Waals surface area contributed by atoms with Crippen molar-refractivity contribution in [3.63, 3.8) is 0 Å². The quantitative estimate of drug-likeness (QED) is 0.236. The Morgan fingerprint density at radius 3 is 2.12 bits per heavy atom. The van der Waals surface area contributed by atoms with Crippen molar-refractivity contribution in [1.29, 1.82) is 0 Å². The second-order valence-corrected chi connectivity index (χ2v) is 17.4. The number of ketones is 1. The third kappa shape index (κ3) is 4.89. The molecule has 9 nitrogen and oxygen atoms in total. The highest BCUT2D eigenvalue weighted by atomic mass is 32.3. The van der Waals surface area contributed by atoms with Gasteiger partial charge in [0.05, 0.1) is 12.7 Å². The van der Waals surface area contributed by atoms with Gasteiger partial charge in [-0.3, -0.25) is 13.9 Å². The Balaban J connectivity index is 1.44. The van der Waals surface area contributed by atoms with Gasteiger partial charge in [-0.2, -0.15) is 16.8 Å². The number of allylic oxidation sites excluding steroid dienone is 2. The molecule has 234 valence electrons. The topological polar surface area (TPSA) is 144 Å². The van der Waals surface area contributed by atoms with Crippen LogP contribution in [0.15, 0.2) is 11.6 Å². The van der Waals surface area contributed by atoms with E-state index in [-0.39, 0.29) is 33.4 Å². The molecule has 11 heteroatoms. The van der Waals surface area contributed by atoms with Gasteiger partial charge in [-0.15, -0.1) is 0 Å². The molecule has 5 aliphatic carbocycles. The molecule has 0 aromatic rings. The van der Waals surface area contributed by atoms with E-state index in [0.717, 1.165) is 56.9 Å². The molecule has 2 spiro atoms. The maximum atomic E-state index is 12.7. The molecule has 5 fully saturated rings. The maximum Gasteiger partial charge on any atom is 0.397 e. The van der Waals surface area contributed by atoms with Crippen molar-refractivity contribution in [3.8, 4) is 0 Å². The van der Waals surface area contributed by atoms with E-state index in [2.05, 4.69) is 20.8 Å². The van der Waals surface area contributed by atoms with E-state index in [1.165, 1.54) is 0 Å². The van der Waals surface area contributed by atoms with Gasteiger partial charge in [0, 0.05) is 11.8 Å². The monoisotopic (exact) mass is 616 g/mol. The Bertz CT molecular complexity index is 1340. The van der Waals surface area contributed by atoms with Gasteiger partial charge < -0.3 is 0 Å². The Hall–Kier alpha value is -0.850. The fraction of sp³-hybridized carbons (Fsp3) is 0.900. The molecule has 0 saturated heterocycles. The summed E-state index contributed by atoms with van der Waals surface area (Å²) >= 11 is 0. The van der Waals surface area contributed by atoms with E-state index in [1.807, 2.05) is 13.8 Å². The van der Waals surface area contributed by atoms with Crippen molar-refractivity contribution in [2.75, 3.05) is 6.61 Å². The number of rotatable bonds is 9. The second kappa shape index (κ2) is 9.83. The molecule has 0 aromatic heterocycles. The summed E-state index contributed by atoms with van der Waals surface area (Å²) in [6.07, 6.45) is 9.59. The summed E-state index contributed by atoms with van der Waals surface area (Å²) < 4.78 is 75.7. The minimum absolute atomic E-state index is 0.0701. The van der Waals surface area contributed by atoms with Crippen molar-refractivity contribution in [2.24, 2.45) is 50.7 Å². The largest absolute Gasteiger partial charge is 0.397 e. The lowest BCUT2D eigenvalue weighted by molar-refractivity contribution is -0.168. The van der Waals surface area contributed by atoms with Crippen LogP contribution in [0.3, 0.4) is 0 Å². The van der Waals surface area contributed by atoms with E-state index < -0.39 is 38.9 Å². The van der Waals surface area contributed by atoms with E-state index in [1.54, 1.807) is 13.0 Å². The van der Waals surface area contributed by atoms with Crippen LogP contribution < -0.4 is 0 Å². The predicted octanol–water partition coefficient (Wildman–Crippen LogP) is 5.97. The first kappa shape index (κ1) is 31.6. The minimum Gasteiger partial charge on any atom is -0.295 e. The zero-order chi connectivity index (χ0) is 30.4. The lowest BCUT2D eigenvalue weighted by Crippen LogP contribution is -2.59. The summed E-state index contributed by atoms with van der Waals surface area (Å²) in [7, 11) is -9.52. The van der Waals surface area contributed by atoms with Crippen molar-refractivity contribution in [1.82, 2.24) is 0 Å². The molecule has 0 unspecified atom stereocenters. The second-order valence-electron chi connectivity index (χ2n) is 15.3. The number of carbonyl (C=O) groups is 1. The van der Waals surface area contributed by atoms with Gasteiger partial charge in [0.1, 0.15) is 0 Å². The van der Waals surface area contributed by atoms with Crippen LogP contribution in [0.1, 0.15) is 106 Å². The van der Waals surface area contributed by atoms with Crippen molar-refractivity contribution >= 4 is 26.6 Å². The molecule has 0 aromatic carbocycles. The van der Waals surface area contributed by atoms with Crippen LogP contribution in [0, 0.1) is 50.7 Å². The molecule has 10 atom stereocenters. The van der Waals surface area contributed by atoms with Crippen LogP contribution in [0.5, 0.6) is 0 Å². The molecular weight excluding hydrogens is 568 g/mol. The highest BCUT2D eigenvalue weighted by molar-refractivity contribution is 7.81. The summed E-state index contributed by atoms with van der Waals surface area (Å²) in [5, 5.41) is 0. The normalized spacial score (nSPS) is 46.0. The van der Waals surface area contributed by atoms with Crippen molar-refractivity contribution in [2.45, 2.75) is 112 Å². The summed E-state index contributed by atoms with van der Waals surface area (Å²) in [6, 6.07) is 0. The fourth-order valence-electron chi connectivity index (χ4n) is 11.7. The SMILES string of the molecule is CC(C)=CC(=O)C[C@@H](C)[C@H]1CC[C@@]2(C)[C@@H]3CC[C@@H]4[C@](C)(COS(=O)(=O)O)[C@@H](OS(=O)(=O)O)CC[C@@]45C[C@@]35CC[C@]12C. The summed E-state index contributed by atoms with van der Waals surface area (Å²) in [6.45, 7) is 12.5. The lowest BCUT2D eigenvalue weighted by atomic mass is 9.41. The zero-order valence-electron chi connectivity index (χ0n) is 25.3. The number of fused-ring (bicyclic) bond motifs is 2. The average Bonchev–Trinajstić information content (AvgIpc) is 3.40. The number of hydrogen-bond donors (Lipinski definition) is 2. The van der Waals surface area contributed by atoms with E-state index in [9.17, 15) is 30.7 Å². The molecule has 0 aliphatic heterocycles. The predicted molar refractivity (Wildman–Crippen MR) is 153 cm³/mol. The molecule has 0 bridgehead atoms. The molecule has 2 N–H and O–H groups in total. The molecular formula is C30H48O9S2. The maximum absolute atomic E-state index is 12.7. The molecule has 5 aliphatic rings. The fourth-order valence-corrected chi connectivity index (χ4v) is 12.7. The van der Waals surface area contributed by atoms with E-state index in [4.69, 9.17) is 8.37 Å². The standard InChI is InChI=1S/C30H48O9S2/c1-19(2)15-21(31)16-20(3)22-9-11-28(6)24-8-7-23-26(4,18-38-40(32,33)34)25(39-41(35,36)37)10-12-29(23)17-30(24,29)14-13-27(22,28)5/h15,20,22-25H,7-14,16-18H2,1-6H3,(H,32,33,34)(H,35,36,37)/t20-,22-,23-,24+,25+,26+,27-,28+,29-,30+/m1/s1. The third-order valence-electron chi connectivity index (χ3n) is 13.3.